The smallest absolute Gasteiger partial charge is 0.331 e. The van der Waals surface area contributed by atoms with E-state index < -0.39 is 5.97 Å². The SMILES string of the molecule is CCCCNC(=O)COC(=O)/C=C/c1cccc(OC)c1OC. The first-order chi connectivity index (χ1) is 11.1. The predicted molar refractivity (Wildman–Crippen MR) is 87.5 cm³/mol. The van der Waals surface area contributed by atoms with Gasteiger partial charge in [0.1, 0.15) is 0 Å². The van der Waals surface area contributed by atoms with Crippen molar-refractivity contribution in [3.8, 4) is 11.5 Å². The average molecular weight is 321 g/mol. The zero-order valence-electron chi connectivity index (χ0n) is 13.8. The summed E-state index contributed by atoms with van der Waals surface area (Å²) in [6.45, 7) is 2.33. The number of carbonyl (C=O) groups is 2. The Hall–Kier alpha value is -2.50. The lowest BCUT2D eigenvalue weighted by Crippen LogP contribution is -2.29. The van der Waals surface area contributed by atoms with E-state index in [1.807, 2.05) is 6.92 Å². The second kappa shape index (κ2) is 10.3. The molecule has 0 aliphatic carbocycles. The molecule has 126 valence electrons. The van der Waals surface area contributed by atoms with Gasteiger partial charge in [-0.1, -0.05) is 25.5 Å². The minimum atomic E-state index is -0.597. The van der Waals surface area contributed by atoms with E-state index in [9.17, 15) is 9.59 Å². The van der Waals surface area contributed by atoms with Crippen LogP contribution in [0.3, 0.4) is 0 Å². The van der Waals surface area contributed by atoms with Gasteiger partial charge in [-0.3, -0.25) is 4.79 Å². The molecule has 0 unspecified atom stereocenters. The number of ether oxygens (including phenoxy) is 3. The Labute approximate surface area is 136 Å². The molecule has 1 amide bonds. The predicted octanol–water partition coefficient (Wildman–Crippen LogP) is 2.18. The van der Waals surface area contributed by atoms with Crippen molar-refractivity contribution in [2.45, 2.75) is 19.8 Å². The van der Waals surface area contributed by atoms with E-state index >= 15 is 0 Å². The van der Waals surface area contributed by atoms with Crippen molar-refractivity contribution in [3.63, 3.8) is 0 Å². The summed E-state index contributed by atoms with van der Waals surface area (Å²) in [5.41, 5.74) is 0.677. The summed E-state index contributed by atoms with van der Waals surface area (Å²) < 4.78 is 15.3. The number of hydrogen-bond donors (Lipinski definition) is 1. The van der Waals surface area contributed by atoms with Gasteiger partial charge in [0.25, 0.3) is 5.91 Å². The quantitative estimate of drug-likeness (QED) is 0.429. The standard InChI is InChI=1S/C17H23NO5/c1-4-5-11-18-15(19)12-23-16(20)10-9-13-7-6-8-14(21-2)17(13)22-3/h6-10H,4-5,11-12H2,1-3H3,(H,18,19)/b10-9+. The summed E-state index contributed by atoms with van der Waals surface area (Å²) in [5.74, 6) is 0.189. The van der Waals surface area contributed by atoms with Crippen molar-refractivity contribution in [1.82, 2.24) is 5.32 Å². The summed E-state index contributed by atoms with van der Waals surface area (Å²) >= 11 is 0. The fraction of sp³-hybridized carbons (Fsp3) is 0.412. The fourth-order valence-corrected chi connectivity index (χ4v) is 1.84. The molecule has 6 heteroatoms. The molecule has 0 fully saturated rings. The summed E-state index contributed by atoms with van der Waals surface area (Å²) in [7, 11) is 3.06. The number of carbonyl (C=O) groups excluding carboxylic acids is 2. The topological polar surface area (TPSA) is 73.9 Å². The van der Waals surface area contributed by atoms with Crippen LogP contribution in [0.4, 0.5) is 0 Å². The van der Waals surface area contributed by atoms with E-state index in [0.29, 0.717) is 23.6 Å². The van der Waals surface area contributed by atoms with Crippen LogP contribution in [0.15, 0.2) is 24.3 Å². The van der Waals surface area contributed by atoms with Crippen LogP contribution in [-0.2, 0) is 14.3 Å². The van der Waals surface area contributed by atoms with Crippen LogP contribution in [0.5, 0.6) is 11.5 Å². The highest BCUT2D eigenvalue weighted by molar-refractivity contribution is 5.89. The van der Waals surface area contributed by atoms with Crippen molar-refractivity contribution in [2.24, 2.45) is 0 Å². The number of esters is 1. The van der Waals surface area contributed by atoms with Gasteiger partial charge in [-0.05, 0) is 18.6 Å². The van der Waals surface area contributed by atoms with Gasteiger partial charge in [0.15, 0.2) is 18.1 Å². The van der Waals surface area contributed by atoms with Crippen LogP contribution in [0.25, 0.3) is 6.08 Å². The van der Waals surface area contributed by atoms with E-state index in [1.165, 1.54) is 20.3 Å². The van der Waals surface area contributed by atoms with Gasteiger partial charge in [-0.25, -0.2) is 4.79 Å². The molecule has 0 atom stereocenters. The van der Waals surface area contributed by atoms with E-state index in [-0.39, 0.29) is 12.5 Å². The van der Waals surface area contributed by atoms with Gasteiger partial charge in [0, 0.05) is 18.2 Å². The molecule has 1 aromatic carbocycles. The molecule has 0 aliphatic heterocycles. The molecule has 1 N–H and O–H groups in total. The van der Waals surface area contributed by atoms with Crippen LogP contribution in [0, 0.1) is 0 Å². The molecule has 6 nitrogen and oxygen atoms in total. The summed E-state index contributed by atoms with van der Waals surface area (Å²) in [5, 5.41) is 2.67. The molecule has 0 spiro atoms. The first-order valence-electron chi connectivity index (χ1n) is 7.44. The first-order valence-corrected chi connectivity index (χ1v) is 7.44. The number of unbranched alkanes of at least 4 members (excludes halogenated alkanes) is 1. The van der Waals surface area contributed by atoms with E-state index in [2.05, 4.69) is 5.32 Å². The van der Waals surface area contributed by atoms with E-state index in [0.717, 1.165) is 12.8 Å². The largest absolute Gasteiger partial charge is 0.493 e. The highest BCUT2D eigenvalue weighted by atomic mass is 16.5. The molecule has 0 aliphatic rings. The molecule has 0 heterocycles. The monoisotopic (exact) mass is 321 g/mol. The lowest BCUT2D eigenvalue weighted by atomic mass is 10.1. The van der Waals surface area contributed by atoms with Crippen LogP contribution in [0.1, 0.15) is 25.3 Å². The fourth-order valence-electron chi connectivity index (χ4n) is 1.84. The minimum Gasteiger partial charge on any atom is -0.493 e. The number of para-hydroxylation sites is 1. The highest BCUT2D eigenvalue weighted by Crippen LogP contribution is 2.31. The van der Waals surface area contributed by atoms with E-state index in [1.54, 1.807) is 24.3 Å². The van der Waals surface area contributed by atoms with Crippen LogP contribution in [-0.4, -0.2) is 39.2 Å². The van der Waals surface area contributed by atoms with Crippen molar-refractivity contribution < 1.29 is 23.8 Å². The molecular weight excluding hydrogens is 298 g/mol. The third kappa shape index (κ3) is 6.42. The van der Waals surface area contributed by atoms with Crippen molar-refractivity contribution >= 4 is 18.0 Å². The van der Waals surface area contributed by atoms with Gasteiger partial charge < -0.3 is 19.5 Å². The molecule has 1 aromatic rings. The maximum Gasteiger partial charge on any atom is 0.331 e. The van der Waals surface area contributed by atoms with Gasteiger partial charge >= 0.3 is 5.97 Å². The molecular formula is C17H23NO5. The lowest BCUT2D eigenvalue weighted by Gasteiger charge is -2.09. The summed E-state index contributed by atoms with van der Waals surface area (Å²) in [6, 6.07) is 5.32. The highest BCUT2D eigenvalue weighted by Gasteiger charge is 2.08. The van der Waals surface area contributed by atoms with Crippen molar-refractivity contribution in [3.05, 3.63) is 29.8 Å². The number of nitrogens with one attached hydrogen (secondary N) is 1. The van der Waals surface area contributed by atoms with Crippen molar-refractivity contribution in [2.75, 3.05) is 27.4 Å². The van der Waals surface area contributed by atoms with Crippen LogP contribution >= 0.6 is 0 Å². The third-order valence-electron chi connectivity index (χ3n) is 3.03. The maximum atomic E-state index is 11.6. The maximum absolute atomic E-state index is 11.6. The molecule has 0 saturated heterocycles. The average Bonchev–Trinajstić information content (AvgIpc) is 2.57. The first kappa shape index (κ1) is 18.5. The molecule has 0 bridgehead atoms. The summed E-state index contributed by atoms with van der Waals surface area (Å²) in [4.78, 5) is 23.1. The molecule has 23 heavy (non-hydrogen) atoms. The van der Waals surface area contributed by atoms with Gasteiger partial charge in [0.2, 0.25) is 0 Å². The number of hydrogen-bond acceptors (Lipinski definition) is 5. The van der Waals surface area contributed by atoms with Crippen LogP contribution in [0.2, 0.25) is 0 Å². The Bertz CT molecular complexity index is 554. The second-order valence-corrected chi connectivity index (χ2v) is 4.73. The van der Waals surface area contributed by atoms with Crippen LogP contribution < -0.4 is 14.8 Å². The molecule has 0 saturated carbocycles. The van der Waals surface area contributed by atoms with Gasteiger partial charge in [-0.2, -0.15) is 0 Å². The number of amides is 1. The van der Waals surface area contributed by atoms with E-state index in [4.69, 9.17) is 14.2 Å². The normalized spacial score (nSPS) is 10.4. The number of benzene rings is 1. The van der Waals surface area contributed by atoms with Crippen molar-refractivity contribution in [1.29, 1.82) is 0 Å². The Morgan fingerprint density at radius 1 is 1.22 bits per heavy atom. The zero-order valence-corrected chi connectivity index (χ0v) is 13.8. The van der Waals surface area contributed by atoms with Gasteiger partial charge in [-0.15, -0.1) is 0 Å². The Kier molecular flexibility index (Phi) is 8.28. The summed E-state index contributed by atoms with van der Waals surface area (Å²) in [6.07, 6.45) is 4.69. The molecule has 0 aromatic heterocycles. The van der Waals surface area contributed by atoms with Gasteiger partial charge in [0.05, 0.1) is 14.2 Å². The number of methoxy groups -OCH3 is 2. The Morgan fingerprint density at radius 3 is 2.65 bits per heavy atom. The minimum absolute atomic E-state index is 0.290. The lowest BCUT2D eigenvalue weighted by molar-refractivity contribution is -0.143. The Morgan fingerprint density at radius 2 is 2.00 bits per heavy atom. The second-order valence-electron chi connectivity index (χ2n) is 4.73. The zero-order chi connectivity index (χ0) is 17.1. The molecule has 0 radical (unpaired) electrons. The number of rotatable bonds is 9. The third-order valence-corrected chi connectivity index (χ3v) is 3.03. The molecule has 1 rings (SSSR count). The Balaban J connectivity index is 2.54.